The van der Waals surface area contributed by atoms with E-state index in [-0.39, 0.29) is 37.3 Å². The molecule has 2 aliphatic heterocycles. The lowest BCUT2D eigenvalue weighted by Gasteiger charge is -2.38. The lowest BCUT2D eigenvalue weighted by atomic mass is 9.97. The van der Waals surface area contributed by atoms with Gasteiger partial charge in [0.05, 0.1) is 5.71 Å². The second-order valence-corrected chi connectivity index (χ2v) is 8.45. The van der Waals surface area contributed by atoms with Crippen LogP contribution in [-0.2, 0) is 4.79 Å². The Morgan fingerprint density at radius 3 is 2.42 bits per heavy atom. The van der Waals surface area contributed by atoms with Gasteiger partial charge in [-0.15, -0.1) is 0 Å². The van der Waals surface area contributed by atoms with Crippen molar-refractivity contribution < 1.29 is 23.8 Å². The van der Waals surface area contributed by atoms with Crippen molar-refractivity contribution in [3.63, 3.8) is 0 Å². The average Bonchev–Trinajstić information content (AvgIpc) is 3.29. The first kappa shape index (κ1) is 22.6. The second kappa shape index (κ2) is 9.94. The first-order valence-electron chi connectivity index (χ1n) is 11.2. The number of hydrogen-bond donors (Lipinski definition) is 1. The quantitative estimate of drug-likeness (QED) is 0.534. The van der Waals surface area contributed by atoms with Gasteiger partial charge in [-0.25, -0.2) is 5.43 Å². The third-order valence-corrected chi connectivity index (χ3v) is 6.08. The van der Waals surface area contributed by atoms with E-state index in [1.165, 1.54) is 0 Å². The number of ether oxygens (including phenoxy) is 3. The van der Waals surface area contributed by atoms with E-state index in [1.54, 1.807) is 31.2 Å². The number of carbonyl (C=O) groups excluding carboxylic acids is 2. The van der Waals surface area contributed by atoms with Gasteiger partial charge in [0.25, 0.3) is 11.8 Å². The minimum atomic E-state index is -0.339. The number of rotatable bonds is 6. The van der Waals surface area contributed by atoms with Crippen LogP contribution in [0.4, 0.5) is 0 Å². The normalized spacial score (nSPS) is 19.8. The first-order valence-corrected chi connectivity index (χ1v) is 11.2. The Morgan fingerprint density at radius 2 is 1.70 bits per heavy atom. The van der Waals surface area contributed by atoms with E-state index in [2.05, 4.69) is 24.4 Å². The molecule has 8 heteroatoms. The van der Waals surface area contributed by atoms with Crippen molar-refractivity contribution in [1.29, 1.82) is 0 Å². The Balaban J connectivity index is 1.30. The molecule has 2 aromatic carbocycles. The van der Waals surface area contributed by atoms with Crippen molar-refractivity contribution in [2.24, 2.45) is 5.10 Å². The molecule has 33 heavy (non-hydrogen) atoms. The molecular formula is C25H29N3O5. The van der Waals surface area contributed by atoms with Crippen LogP contribution in [0.15, 0.2) is 47.6 Å². The summed E-state index contributed by atoms with van der Waals surface area (Å²) in [5.41, 5.74) is 4.47. The highest BCUT2D eigenvalue weighted by atomic mass is 16.7. The minimum Gasteiger partial charge on any atom is -0.484 e. The number of hydrazone groups is 1. The zero-order valence-electron chi connectivity index (χ0n) is 19.2. The maximum absolute atomic E-state index is 12.6. The van der Waals surface area contributed by atoms with Gasteiger partial charge in [-0.3, -0.25) is 9.59 Å². The predicted molar refractivity (Wildman–Crippen MR) is 124 cm³/mol. The minimum absolute atomic E-state index is 0.00940. The molecule has 2 aliphatic rings. The molecule has 1 N–H and O–H groups in total. The molecule has 0 saturated carbocycles. The third kappa shape index (κ3) is 5.27. The van der Waals surface area contributed by atoms with Crippen LogP contribution in [0.25, 0.3) is 0 Å². The molecule has 2 unspecified atom stereocenters. The van der Waals surface area contributed by atoms with E-state index in [4.69, 9.17) is 14.2 Å². The van der Waals surface area contributed by atoms with Crippen LogP contribution in [0.1, 0.15) is 56.0 Å². The molecule has 0 radical (unpaired) electrons. The fourth-order valence-corrected chi connectivity index (χ4v) is 4.22. The number of carbonyl (C=O) groups is 2. The van der Waals surface area contributed by atoms with Gasteiger partial charge in [0, 0.05) is 23.2 Å². The van der Waals surface area contributed by atoms with Gasteiger partial charge in [-0.1, -0.05) is 0 Å². The zero-order valence-corrected chi connectivity index (χ0v) is 19.2. The van der Waals surface area contributed by atoms with Gasteiger partial charge in [-0.2, -0.15) is 5.10 Å². The summed E-state index contributed by atoms with van der Waals surface area (Å²) in [6.45, 7) is 6.15. The van der Waals surface area contributed by atoms with Crippen LogP contribution in [-0.4, -0.2) is 47.9 Å². The number of benzene rings is 2. The van der Waals surface area contributed by atoms with Gasteiger partial charge in [0.15, 0.2) is 18.1 Å². The van der Waals surface area contributed by atoms with Gasteiger partial charge < -0.3 is 19.1 Å². The highest BCUT2D eigenvalue weighted by molar-refractivity contribution is 6.01. The summed E-state index contributed by atoms with van der Waals surface area (Å²) < 4.78 is 16.4. The van der Waals surface area contributed by atoms with Crippen LogP contribution in [0, 0.1) is 0 Å². The Kier molecular flexibility index (Phi) is 6.82. The van der Waals surface area contributed by atoms with Gasteiger partial charge in [-0.05, 0) is 82.5 Å². The molecule has 1 fully saturated rings. The standard InChI is InChI=1S/C25H29N3O5/c1-16-5-4-6-17(2)28(16)24(29)14-31-21-10-7-19(8-11-21)25(30)27-26-18(3)20-9-12-22-23(13-20)33-15-32-22/h7-13,16-17H,4-6,14-15H2,1-3H3,(H,27,30)/b26-18+. The number of likely N-dealkylation sites (tertiary alicyclic amines) is 1. The molecule has 4 rings (SSSR count). The molecular weight excluding hydrogens is 422 g/mol. The smallest absolute Gasteiger partial charge is 0.271 e. The Morgan fingerprint density at radius 1 is 1.03 bits per heavy atom. The first-order chi connectivity index (χ1) is 15.9. The summed E-state index contributed by atoms with van der Waals surface area (Å²) in [4.78, 5) is 27.0. The van der Waals surface area contributed by atoms with Crippen molar-refractivity contribution in [2.45, 2.75) is 52.1 Å². The molecule has 0 aliphatic carbocycles. The van der Waals surface area contributed by atoms with Crippen molar-refractivity contribution in [1.82, 2.24) is 10.3 Å². The van der Waals surface area contributed by atoms with E-state index in [0.717, 1.165) is 24.8 Å². The second-order valence-electron chi connectivity index (χ2n) is 8.45. The number of piperidine rings is 1. The van der Waals surface area contributed by atoms with Crippen LogP contribution >= 0.6 is 0 Å². The zero-order chi connectivity index (χ0) is 23.4. The van der Waals surface area contributed by atoms with Crippen LogP contribution in [0.2, 0.25) is 0 Å². The lowest BCUT2D eigenvalue weighted by Crippen LogP contribution is -2.49. The molecule has 0 spiro atoms. The fourth-order valence-electron chi connectivity index (χ4n) is 4.22. The number of amides is 2. The maximum atomic E-state index is 12.6. The highest BCUT2D eigenvalue weighted by Crippen LogP contribution is 2.32. The predicted octanol–water partition coefficient (Wildman–Crippen LogP) is 3.74. The summed E-state index contributed by atoms with van der Waals surface area (Å²) in [5, 5.41) is 4.18. The average molecular weight is 452 g/mol. The number of hydrogen-bond acceptors (Lipinski definition) is 6. The van der Waals surface area contributed by atoms with E-state index < -0.39 is 0 Å². The molecule has 0 bridgehead atoms. The number of nitrogens with zero attached hydrogens (tertiary/aromatic N) is 2. The van der Waals surface area contributed by atoms with Crippen LogP contribution in [0.5, 0.6) is 17.2 Å². The summed E-state index contributed by atoms with van der Waals surface area (Å²) in [6, 6.07) is 12.6. The molecule has 2 amide bonds. The molecule has 2 heterocycles. The highest BCUT2D eigenvalue weighted by Gasteiger charge is 2.29. The third-order valence-electron chi connectivity index (χ3n) is 6.08. The van der Waals surface area contributed by atoms with E-state index in [1.807, 2.05) is 23.1 Å². The molecule has 174 valence electrons. The Labute approximate surface area is 193 Å². The molecule has 2 atom stereocenters. The van der Waals surface area contributed by atoms with Gasteiger partial charge in [0.2, 0.25) is 6.79 Å². The topological polar surface area (TPSA) is 89.5 Å². The van der Waals surface area contributed by atoms with Crippen LogP contribution in [0.3, 0.4) is 0 Å². The SMILES string of the molecule is C/C(=N\NC(=O)c1ccc(OCC(=O)N2C(C)CCCC2C)cc1)c1ccc2c(c1)OCO2. The lowest BCUT2D eigenvalue weighted by molar-refractivity contribution is -0.139. The van der Waals surface area contributed by atoms with Crippen molar-refractivity contribution in [3.05, 3.63) is 53.6 Å². The van der Waals surface area contributed by atoms with Gasteiger partial charge in [0.1, 0.15) is 5.75 Å². The summed E-state index contributed by atoms with van der Waals surface area (Å²) in [5.74, 6) is 1.54. The Bertz CT molecular complexity index is 1040. The van der Waals surface area contributed by atoms with E-state index >= 15 is 0 Å². The summed E-state index contributed by atoms with van der Waals surface area (Å²) >= 11 is 0. The molecule has 8 nitrogen and oxygen atoms in total. The molecule has 2 aromatic rings. The molecule has 1 saturated heterocycles. The Hall–Kier alpha value is -3.55. The number of fused-ring (bicyclic) bond motifs is 1. The van der Waals surface area contributed by atoms with Crippen molar-refractivity contribution in [3.8, 4) is 17.2 Å². The van der Waals surface area contributed by atoms with Crippen molar-refractivity contribution >= 4 is 17.5 Å². The van der Waals surface area contributed by atoms with Crippen molar-refractivity contribution in [2.75, 3.05) is 13.4 Å². The summed E-state index contributed by atoms with van der Waals surface area (Å²) in [6.07, 6.45) is 3.20. The summed E-state index contributed by atoms with van der Waals surface area (Å²) in [7, 11) is 0. The van der Waals surface area contributed by atoms with Crippen LogP contribution < -0.4 is 19.6 Å². The van der Waals surface area contributed by atoms with E-state index in [0.29, 0.717) is 28.5 Å². The van der Waals surface area contributed by atoms with Gasteiger partial charge >= 0.3 is 0 Å². The largest absolute Gasteiger partial charge is 0.484 e. The fraction of sp³-hybridized carbons (Fsp3) is 0.400. The monoisotopic (exact) mass is 451 g/mol. The number of nitrogens with one attached hydrogen (secondary N) is 1. The molecule has 0 aromatic heterocycles. The maximum Gasteiger partial charge on any atom is 0.271 e. The van der Waals surface area contributed by atoms with E-state index in [9.17, 15) is 9.59 Å².